The Hall–Kier alpha value is -2.67. The molecule has 2 aromatic rings. The fourth-order valence-electron chi connectivity index (χ4n) is 4.45. The lowest BCUT2D eigenvalue weighted by molar-refractivity contribution is -0.146. The van der Waals surface area contributed by atoms with Gasteiger partial charge in [0.15, 0.2) is 5.76 Å². The summed E-state index contributed by atoms with van der Waals surface area (Å²) in [5, 5.41) is 11.9. The number of amides is 1. The predicted molar refractivity (Wildman–Crippen MR) is 122 cm³/mol. The van der Waals surface area contributed by atoms with Crippen molar-refractivity contribution in [3.05, 3.63) is 71.0 Å². The molecule has 170 valence electrons. The number of fused-ring (bicyclic) bond motifs is 3. The molecular formula is C26H31NO5. The fourth-order valence-corrected chi connectivity index (χ4v) is 4.45. The molecule has 1 heterocycles. The third-order valence-electron chi connectivity index (χ3n) is 6.02. The maximum atomic E-state index is 12.7. The number of carbonyl (C=O) groups is 1. The molecule has 2 atom stereocenters. The Bertz CT molecular complexity index is 970. The first-order valence-electron chi connectivity index (χ1n) is 11.3. The van der Waals surface area contributed by atoms with Crippen LogP contribution in [0.4, 0.5) is 0 Å². The first-order valence-corrected chi connectivity index (χ1v) is 11.3. The van der Waals surface area contributed by atoms with Gasteiger partial charge in [0.25, 0.3) is 5.91 Å². The van der Waals surface area contributed by atoms with Crippen LogP contribution >= 0.6 is 0 Å². The highest BCUT2D eigenvalue weighted by atomic mass is 16.7. The van der Waals surface area contributed by atoms with Gasteiger partial charge in [-0.25, -0.2) is 0 Å². The van der Waals surface area contributed by atoms with E-state index in [2.05, 4.69) is 47.8 Å². The van der Waals surface area contributed by atoms with E-state index in [1.54, 1.807) is 7.11 Å². The van der Waals surface area contributed by atoms with Crippen molar-refractivity contribution in [1.82, 2.24) is 5.32 Å². The van der Waals surface area contributed by atoms with E-state index >= 15 is 0 Å². The lowest BCUT2D eigenvalue weighted by Crippen LogP contribution is -2.34. The zero-order valence-electron chi connectivity index (χ0n) is 18.5. The van der Waals surface area contributed by atoms with Gasteiger partial charge in [-0.3, -0.25) is 4.79 Å². The summed E-state index contributed by atoms with van der Waals surface area (Å²) < 4.78 is 16.9. The van der Waals surface area contributed by atoms with Crippen LogP contribution in [0.5, 0.6) is 0 Å². The van der Waals surface area contributed by atoms with Gasteiger partial charge in [0, 0.05) is 32.6 Å². The van der Waals surface area contributed by atoms with Gasteiger partial charge in [-0.1, -0.05) is 42.5 Å². The van der Waals surface area contributed by atoms with E-state index in [1.807, 2.05) is 6.08 Å². The molecule has 1 aliphatic carbocycles. The van der Waals surface area contributed by atoms with Gasteiger partial charge in [-0.05, 0) is 53.2 Å². The van der Waals surface area contributed by atoms with Crippen LogP contribution < -0.4 is 5.32 Å². The van der Waals surface area contributed by atoms with Gasteiger partial charge in [-0.2, -0.15) is 0 Å². The van der Waals surface area contributed by atoms with Crippen molar-refractivity contribution in [3.63, 3.8) is 0 Å². The Morgan fingerprint density at radius 2 is 1.97 bits per heavy atom. The first kappa shape index (κ1) is 22.5. The molecule has 2 N–H and O–H groups in total. The largest absolute Gasteiger partial charge is 0.459 e. The van der Waals surface area contributed by atoms with Gasteiger partial charge in [0.2, 0.25) is 6.29 Å². The molecule has 0 saturated heterocycles. The smallest absolute Gasteiger partial charge is 0.286 e. The lowest BCUT2D eigenvalue weighted by Gasteiger charge is -2.30. The van der Waals surface area contributed by atoms with Gasteiger partial charge in [0.05, 0.1) is 13.2 Å². The van der Waals surface area contributed by atoms with Crippen molar-refractivity contribution in [2.45, 2.75) is 37.9 Å². The van der Waals surface area contributed by atoms with Crippen molar-refractivity contribution in [2.24, 2.45) is 0 Å². The molecule has 0 fully saturated rings. The molecule has 0 aromatic heterocycles. The molecule has 0 unspecified atom stereocenters. The summed E-state index contributed by atoms with van der Waals surface area (Å²) in [7, 11) is 1.60. The maximum Gasteiger partial charge on any atom is 0.286 e. The van der Waals surface area contributed by atoms with Crippen molar-refractivity contribution in [2.75, 3.05) is 33.5 Å². The number of aliphatic hydroxyl groups excluding tert-OH is 1. The predicted octanol–water partition coefficient (Wildman–Crippen LogP) is 3.52. The van der Waals surface area contributed by atoms with E-state index in [4.69, 9.17) is 19.3 Å². The summed E-state index contributed by atoms with van der Waals surface area (Å²) >= 11 is 0. The van der Waals surface area contributed by atoms with Gasteiger partial charge < -0.3 is 24.6 Å². The number of benzene rings is 2. The Morgan fingerprint density at radius 3 is 2.81 bits per heavy atom. The minimum atomic E-state index is -0.508. The van der Waals surface area contributed by atoms with E-state index in [1.165, 1.54) is 27.8 Å². The minimum absolute atomic E-state index is 0.0130. The van der Waals surface area contributed by atoms with E-state index in [-0.39, 0.29) is 24.2 Å². The number of allylic oxidation sites excluding steroid dienone is 1. The molecule has 1 aliphatic heterocycles. The quantitative estimate of drug-likeness (QED) is 0.475. The van der Waals surface area contributed by atoms with Crippen molar-refractivity contribution in [3.8, 4) is 11.1 Å². The highest BCUT2D eigenvalue weighted by Gasteiger charge is 2.31. The highest BCUT2D eigenvalue weighted by molar-refractivity contribution is 5.91. The fraction of sp³-hybridized carbons (Fsp3) is 0.423. The molecule has 4 rings (SSSR count). The first-order chi connectivity index (χ1) is 15.7. The lowest BCUT2D eigenvalue weighted by atomic mass is 9.87. The number of unbranched alkanes of at least 4 members (excludes halogenated alkanes) is 1. The average molecular weight is 438 g/mol. The summed E-state index contributed by atoms with van der Waals surface area (Å²) in [5.74, 6) is 0.0447. The second kappa shape index (κ2) is 10.8. The van der Waals surface area contributed by atoms with Crippen LogP contribution in [0, 0.1) is 0 Å². The minimum Gasteiger partial charge on any atom is -0.459 e. The van der Waals surface area contributed by atoms with Crippen molar-refractivity contribution < 1.29 is 24.1 Å². The second-order valence-electron chi connectivity index (χ2n) is 8.18. The maximum absolute atomic E-state index is 12.7. The van der Waals surface area contributed by atoms with Crippen LogP contribution in [0.3, 0.4) is 0 Å². The normalized spacial score (nSPS) is 19.0. The monoisotopic (exact) mass is 437 g/mol. The number of hydrogen-bond donors (Lipinski definition) is 2. The molecule has 0 spiro atoms. The van der Waals surface area contributed by atoms with Gasteiger partial charge in [-0.15, -0.1) is 0 Å². The summed E-state index contributed by atoms with van der Waals surface area (Å²) in [6.07, 6.45) is 4.38. The average Bonchev–Trinajstić information content (AvgIpc) is 3.20. The molecule has 0 radical (unpaired) electrons. The Kier molecular flexibility index (Phi) is 7.58. The van der Waals surface area contributed by atoms with E-state index < -0.39 is 6.29 Å². The molecule has 0 saturated carbocycles. The van der Waals surface area contributed by atoms with Gasteiger partial charge in [0.1, 0.15) is 0 Å². The second-order valence-corrected chi connectivity index (χ2v) is 8.18. The molecule has 6 heteroatoms. The third kappa shape index (κ3) is 5.04. The summed E-state index contributed by atoms with van der Waals surface area (Å²) in [4.78, 5) is 12.7. The topological polar surface area (TPSA) is 77.0 Å². The Morgan fingerprint density at radius 1 is 1.12 bits per heavy atom. The van der Waals surface area contributed by atoms with Crippen molar-refractivity contribution >= 4 is 5.91 Å². The third-order valence-corrected chi connectivity index (χ3v) is 6.02. The van der Waals surface area contributed by atoms with Crippen LogP contribution in [0.1, 0.15) is 41.9 Å². The molecule has 6 nitrogen and oxygen atoms in total. The number of methoxy groups -OCH3 is 1. The number of rotatable bonds is 10. The molecular weight excluding hydrogens is 406 g/mol. The van der Waals surface area contributed by atoms with Crippen LogP contribution in [-0.4, -0.2) is 50.8 Å². The molecule has 2 aliphatic rings. The van der Waals surface area contributed by atoms with Crippen LogP contribution in [-0.2, 0) is 25.4 Å². The Labute approximate surface area is 189 Å². The Balaban J connectivity index is 1.58. The van der Waals surface area contributed by atoms with E-state index in [0.29, 0.717) is 32.6 Å². The summed E-state index contributed by atoms with van der Waals surface area (Å²) in [5.41, 5.74) is 6.42. The number of hydrogen-bond acceptors (Lipinski definition) is 5. The van der Waals surface area contributed by atoms with Crippen LogP contribution in [0.15, 0.2) is 54.3 Å². The standard InChI is InChI=1S/C26H31NO5/c1-30-14-11-27-26(29)24-16-19(17-25(32-24)31-13-5-4-12-28)21-9-6-10-22-20-8-3-2-7-18(20)15-23(21)22/h2-3,6-10,16,19,25,28H,4-5,11-15,17H2,1H3,(H,27,29)/t19-,25+/m0/s1. The number of nitrogens with one attached hydrogen (secondary N) is 1. The van der Waals surface area contributed by atoms with Crippen molar-refractivity contribution in [1.29, 1.82) is 0 Å². The molecule has 1 amide bonds. The number of ether oxygens (including phenoxy) is 3. The number of aliphatic hydroxyl groups is 1. The summed E-state index contributed by atoms with van der Waals surface area (Å²) in [6, 6.07) is 14.9. The van der Waals surface area contributed by atoms with Crippen LogP contribution in [0.25, 0.3) is 11.1 Å². The molecule has 2 aromatic carbocycles. The van der Waals surface area contributed by atoms with E-state index in [0.717, 1.165) is 12.8 Å². The highest BCUT2D eigenvalue weighted by Crippen LogP contribution is 2.42. The SMILES string of the molecule is COCCNC(=O)C1=C[C@H](c2cccc3c2Cc2ccccc2-3)C[C@H](OCCCCO)O1. The molecule has 32 heavy (non-hydrogen) atoms. The number of carbonyl (C=O) groups excluding carboxylic acids is 1. The molecule has 0 bridgehead atoms. The van der Waals surface area contributed by atoms with E-state index in [9.17, 15) is 4.79 Å². The summed E-state index contributed by atoms with van der Waals surface area (Å²) in [6.45, 7) is 1.48. The van der Waals surface area contributed by atoms with Gasteiger partial charge >= 0.3 is 0 Å². The zero-order valence-corrected chi connectivity index (χ0v) is 18.5. The zero-order chi connectivity index (χ0) is 22.3. The van der Waals surface area contributed by atoms with Crippen LogP contribution in [0.2, 0.25) is 0 Å².